The fourth-order valence-electron chi connectivity index (χ4n) is 4.81. The minimum atomic E-state index is -4.37. The quantitative estimate of drug-likeness (QED) is 0.435. The van der Waals surface area contributed by atoms with E-state index in [1.807, 2.05) is 19.2 Å². The van der Waals surface area contributed by atoms with Gasteiger partial charge in [-0.05, 0) is 42.5 Å². The molecule has 1 fully saturated rings. The number of fused-ring (bicyclic) bond motifs is 2. The first-order valence-electron chi connectivity index (χ1n) is 11.1. The van der Waals surface area contributed by atoms with Crippen LogP contribution >= 0.6 is 11.3 Å². The number of aromatic amines is 1. The van der Waals surface area contributed by atoms with Gasteiger partial charge in [-0.1, -0.05) is 13.8 Å². The summed E-state index contributed by atoms with van der Waals surface area (Å²) in [4.78, 5) is 22.5. The van der Waals surface area contributed by atoms with E-state index in [0.29, 0.717) is 4.88 Å². The Morgan fingerprint density at radius 2 is 2.06 bits per heavy atom. The first-order chi connectivity index (χ1) is 16.0. The Labute approximate surface area is 197 Å². The van der Waals surface area contributed by atoms with E-state index in [-0.39, 0.29) is 25.4 Å². The number of H-pyrrole nitrogens is 1. The second-order valence-electron chi connectivity index (χ2n) is 9.31. The average Bonchev–Trinajstić information content (AvgIpc) is 3.45. The summed E-state index contributed by atoms with van der Waals surface area (Å²) < 4.78 is 42.6. The number of aryl methyl sites for hydroxylation is 1. The standard InChI is InChI=1S/C23H25F3N6OS/c1-11(2)18-19(13-4-12(3)21-28-10-29-32(21)7-13)30-16-6-17(34-20(16)18)22(33)31-8-14(23(24,25)26)5-15(27)9-31/h4,6-7,10-11,14-15,30H,5,8-9,27H2,1-3H3/t14?,15-/m1/s1. The van der Waals surface area contributed by atoms with Crippen LogP contribution in [0.4, 0.5) is 13.2 Å². The molecule has 7 nitrogen and oxygen atoms in total. The number of piperidine rings is 1. The lowest BCUT2D eigenvalue weighted by molar-refractivity contribution is -0.185. The third kappa shape index (κ3) is 3.86. The van der Waals surface area contributed by atoms with E-state index in [9.17, 15) is 18.0 Å². The van der Waals surface area contributed by atoms with Gasteiger partial charge in [-0.15, -0.1) is 11.3 Å². The third-order valence-electron chi connectivity index (χ3n) is 6.37. The van der Waals surface area contributed by atoms with Gasteiger partial charge in [-0.2, -0.15) is 18.3 Å². The summed E-state index contributed by atoms with van der Waals surface area (Å²) in [6.07, 6.45) is -1.11. The molecule has 34 heavy (non-hydrogen) atoms. The first kappa shape index (κ1) is 22.9. The number of likely N-dealkylation sites (tertiary alicyclic amines) is 1. The normalized spacial score (nSPS) is 19.6. The molecular weight excluding hydrogens is 465 g/mol. The minimum absolute atomic E-state index is 0.122. The van der Waals surface area contributed by atoms with E-state index >= 15 is 0 Å². The molecule has 3 N–H and O–H groups in total. The van der Waals surface area contributed by atoms with Gasteiger partial charge in [-0.25, -0.2) is 9.50 Å². The number of nitrogens with zero attached hydrogens (tertiary/aromatic N) is 4. The summed E-state index contributed by atoms with van der Waals surface area (Å²) in [6, 6.07) is 3.09. The highest BCUT2D eigenvalue weighted by Crippen LogP contribution is 2.41. The molecular formula is C23H25F3N6OS. The lowest BCUT2D eigenvalue weighted by Crippen LogP contribution is -2.52. The summed E-state index contributed by atoms with van der Waals surface area (Å²) in [7, 11) is 0. The summed E-state index contributed by atoms with van der Waals surface area (Å²) in [5.41, 5.74) is 11.4. The first-order valence-corrected chi connectivity index (χ1v) is 11.9. The van der Waals surface area contributed by atoms with Crippen LogP contribution in [0.15, 0.2) is 24.7 Å². The Morgan fingerprint density at radius 1 is 1.29 bits per heavy atom. The van der Waals surface area contributed by atoms with Gasteiger partial charge < -0.3 is 15.6 Å². The maximum atomic E-state index is 13.3. The number of thiophene rings is 1. The van der Waals surface area contributed by atoms with E-state index in [1.165, 1.54) is 22.6 Å². The molecule has 2 atom stereocenters. The number of amides is 1. The molecule has 180 valence electrons. The van der Waals surface area contributed by atoms with Crippen LogP contribution in [0.25, 0.3) is 27.1 Å². The highest BCUT2D eigenvalue weighted by Gasteiger charge is 2.45. The Kier molecular flexibility index (Phi) is 5.44. The van der Waals surface area contributed by atoms with Crippen molar-refractivity contribution in [2.24, 2.45) is 11.7 Å². The number of carbonyl (C=O) groups is 1. The highest BCUT2D eigenvalue weighted by atomic mass is 32.1. The number of alkyl halides is 3. The van der Waals surface area contributed by atoms with Crippen LogP contribution in [-0.2, 0) is 0 Å². The molecule has 0 saturated carbocycles. The summed E-state index contributed by atoms with van der Waals surface area (Å²) in [6.45, 7) is 5.89. The Hall–Kier alpha value is -2.92. The molecule has 0 aromatic carbocycles. The van der Waals surface area contributed by atoms with Gasteiger partial charge in [0.1, 0.15) is 6.33 Å². The maximum absolute atomic E-state index is 13.3. The topological polar surface area (TPSA) is 92.3 Å². The summed E-state index contributed by atoms with van der Waals surface area (Å²) in [5.74, 6) is -1.86. The number of hydrogen-bond donors (Lipinski definition) is 2. The Balaban J connectivity index is 1.52. The molecule has 1 aliphatic heterocycles. The van der Waals surface area contributed by atoms with Gasteiger partial charge in [0, 0.05) is 30.9 Å². The molecule has 1 amide bonds. The molecule has 4 aromatic heterocycles. The van der Waals surface area contributed by atoms with E-state index in [0.717, 1.165) is 38.2 Å². The summed E-state index contributed by atoms with van der Waals surface area (Å²) >= 11 is 1.31. The predicted molar refractivity (Wildman–Crippen MR) is 125 cm³/mol. The van der Waals surface area contributed by atoms with Crippen molar-refractivity contribution in [2.75, 3.05) is 13.1 Å². The van der Waals surface area contributed by atoms with Crippen molar-refractivity contribution in [3.63, 3.8) is 0 Å². The lowest BCUT2D eigenvalue weighted by atomic mass is 9.94. The molecule has 0 spiro atoms. The van der Waals surface area contributed by atoms with Gasteiger partial charge in [0.2, 0.25) is 0 Å². The zero-order chi connectivity index (χ0) is 24.4. The third-order valence-corrected chi connectivity index (χ3v) is 7.53. The molecule has 1 aliphatic rings. The molecule has 0 bridgehead atoms. The van der Waals surface area contributed by atoms with Crippen LogP contribution in [-0.4, -0.2) is 55.7 Å². The van der Waals surface area contributed by atoms with Crippen LogP contribution in [0.2, 0.25) is 0 Å². The number of pyridine rings is 1. The zero-order valence-corrected chi connectivity index (χ0v) is 19.8. The van der Waals surface area contributed by atoms with Crippen molar-refractivity contribution in [1.29, 1.82) is 0 Å². The number of rotatable bonds is 3. The second-order valence-corrected chi connectivity index (χ2v) is 10.4. The van der Waals surface area contributed by atoms with Gasteiger partial charge >= 0.3 is 6.18 Å². The van der Waals surface area contributed by atoms with E-state index < -0.39 is 24.0 Å². The van der Waals surface area contributed by atoms with Crippen LogP contribution in [0.1, 0.15) is 47.0 Å². The van der Waals surface area contributed by atoms with Gasteiger partial charge in [0.05, 0.1) is 26.7 Å². The van der Waals surface area contributed by atoms with Gasteiger partial charge in [-0.3, -0.25) is 4.79 Å². The van der Waals surface area contributed by atoms with Crippen molar-refractivity contribution in [3.8, 4) is 11.3 Å². The minimum Gasteiger partial charge on any atom is -0.354 e. The van der Waals surface area contributed by atoms with Gasteiger partial charge in [0.25, 0.3) is 5.91 Å². The molecule has 0 radical (unpaired) electrons. The SMILES string of the molecule is Cc1cc(-c2[nH]c3cc(C(=O)N4CC(C(F)(F)F)C[C@@H](N)C4)sc3c2C(C)C)cn2ncnc12. The maximum Gasteiger partial charge on any atom is 0.393 e. The number of hydrogen-bond acceptors (Lipinski definition) is 5. The van der Waals surface area contributed by atoms with E-state index in [4.69, 9.17) is 5.73 Å². The van der Waals surface area contributed by atoms with Crippen LogP contribution < -0.4 is 5.73 Å². The molecule has 0 aliphatic carbocycles. The monoisotopic (exact) mass is 490 g/mol. The average molecular weight is 491 g/mol. The molecule has 11 heteroatoms. The fourth-order valence-corrected chi connectivity index (χ4v) is 6.09. The fraction of sp³-hybridized carbons (Fsp3) is 0.435. The molecule has 4 aromatic rings. The lowest BCUT2D eigenvalue weighted by Gasteiger charge is -2.36. The molecule has 1 saturated heterocycles. The highest BCUT2D eigenvalue weighted by molar-refractivity contribution is 7.21. The van der Waals surface area contributed by atoms with Crippen molar-refractivity contribution in [2.45, 2.75) is 45.3 Å². The number of nitrogens with two attached hydrogens (primary N) is 1. The second kappa shape index (κ2) is 8.09. The smallest absolute Gasteiger partial charge is 0.354 e. The van der Waals surface area contributed by atoms with Crippen molar-refractivity contribution in [3.05, 3.63) is 40.7 Å². The molecule has 5 heterocycles. The predicted octanol–water partition coefficient (Wildman–Crippen LogP) is 4.72. The molecule has 5 rings (SSSR count). The zero-order valence-electron chi connectivity index (χ0n) is 19.0. The number of halogens is 3. The van der Waals surface area contributed by atoms with Gasteiger partial charge in [0.15, 0.2) is 5.65 Å². The van der Waals surface area contributed by atoms with E-state index in [1.54, 1.807) is 10.6 Å². The number of aromatic nitrogens is 4. The molecule has 1 unspecified atom stereocenters. The Morgan fingerprint density at radius 3 is 2.76 bits per heavy atom. The van der Waals surface area contributed by atoms with E-state index in [2.05, 4.69) is 28.9 Å². The number of carbonyl (C=O) groups excluding carboxylic acids is 1. The van der Waals surface area contributed by atoms with Crippen LogP contribution in [0.3, 0.4) is 0 Å². The summed E-state index contributed by atoms with van der Waals surface area (Å²) in [5, 5.41) is 4.25. The van der Waals surface area contributed by atoms with Crippen molar-refractivity contribution < 1.29 is 18.0 Å². The number of nitrogens with one attached hydrogen (secondary N) is 1. The van der Waals surface area contributed by atoms with Crippen LogP contribution in [0.5, 0.6) is 0 Å². The largest absolute Gasteiger partial charge is 0.393 e. The van der Waals surface area contributed by atoms with Crippen molar-refractivity contribution in [1.82, 2.24) is 24.5 Å². The Bertz CT molecular complexity index is 1380. The van der Waals surface area contributed by atoms with Crippen molar-refractivity contribution >= 4 is 33.1 Å². The van der Waals surface area contributed by atoms with Crippen LogP contribution in [0, 0.1) is 12.8 Å².